The van der Waals surface area contributed by atoms with Crippen molar-refractivity contribution in [1.82, 2.24) is 10.1 Å². The Hall–Kier alpha value is -1.95. The normalized spacial score (nSPS) is 11.1. The van der Waals surface area contributed by atoms with E-state index < -0.39 is 0 Å². The Balaban J connectivity index is 2.56. The Labute approximate surface area is 110 Å². The topological polar surface area (TPSA) is 74.2 Å². The van der Waals surface area contributed by atoms with E-state index in [0.717, 1.165) is 0 Å². The minimum absolute atomic E-state index is 0.0468. The van der Waals surface area contributed by atoms with Gasteiger partial charge in [0, 0.05) is 6.07 Å². The number of halogens is 1. The molecule has 19 heavy (non-hydrogen) atoms. The van der Waals surface area contributed by atoms with Crippen LogP contribution in [0.3, 0.4) is 0 Å². The Kier molecular flexibility index (Phi) is 3.80. The molecule has 0 bridgehead atoms. The van der Waals surface area contributed by atoms with Gasteiger partial charge < -0.3 is 15.0 Å². The van der Waals surface area contributed by atoms with Crippen molar-refractivity contribution in [1.29, 1.82) is 0 Å². The molecule has 0 unspecified atom stereocenters. The van der Waals surface area contributed by atoms with Gasteiger partial charge in [-0.2, -0.15) is 4.98 Å². The number of hydrogen-bond acceptors (Lipinski definition) is 5. The zero-order valence-corrected chi connectivity index (χ0v) is 11.1. The predicted molar refractivity (Wildman–Crippen MR) is 68.2 cm³/mol. The van der Waals surface area contributed by atoms with Crippen molar-refractivity contribution in [2.24, 2.45) is 5.73 Å². The van der Waals surface area contributed by atoms with Crippen molar-refractivity contribution >= 4 is 0 Å². The van der Waals surface area contributed by atoms with Crippen molar-refractivity contribution in [3.05, 3.63) is 29.4 Å². The molecule has 2 rings (SSSR count). The molecule has 0 atom stereocenters. The van der Waals surface area contributed by atoms with E-state index in [0.29, 0.717) is 28.6 Å². The third kappa shape index (κ3) is 2.58. The average molecular weight is 265 g/mol. The number of methoxy groups -OCH3 is 1. The van der Waals surface area contributed by atoms with Crippen LogP contribution in [0.4, 0.5) is 4.39 Å². The smallest absolute Gasteiger partial charge is 0.240 e. The molecule has 102 valence electrons. The molecule has 0 fully saturated rings. The first-order chi connectivity index (χ1) is 9.06. The van der Waals surface area contributed by atoms with E-state index in [1.54, 1.807) is 6.07 Å². The van der Waals surface area contributed by atoms with Crippen LogP contribution in [0.15, 0.2) is 16.7 Å². The lowest BCUT2D eigenvalue weighted by Crippen LogP contribution is -1.99. The van der Waals surface area contributed by atoms with Gasteiger partial charge in [0.05, 0.1) is 19.2 Å². The van der Waals surface area contributed by atoms with Gasteiger partial charge >= 0.3 is 0 Å². The van der Waals surface area contributed by atoms with Crippen molar-refractivity contribution in [3.8, 4) is 17.1 Å². The van der Waals surface area contributed by atoms with E-state index in [1.807, 2.05) is 13.8 Å². The zero-order valence-electron chi connectivity index (χ0n) is 11.1. The van der Waals surface area contributed by atoms with Gasteiger partial charge in [-0.3, -0.25) is 0 Å². The quantitative estimate of drug-likeness (QED) is 0.919. The Morgan fingerprint density at radius 2 is 2.16 bits per heavy atom. The number of hydrogen-bond donors (Lipinski definition) is 1. The number of benzene rings is 1. The van der Waals surface area contributed by atoms with Gasteiger partial charge in [0.15, 0.2) is 0 Å². The summed E-state index contributed by atoms with van der Waals surface area (Å²) in [5, 5.41) is 3.83. The monoisotopic (exact) mass is 265 g/mol. The Morgan fingerprint density at radius 3 is 2.68 bits per heavy atom. The largest absolute Gasteiger partial charge is 0.496 e. The molecule has 1 heterocycles. The summed E-state index contributed by atoms with van der Waals surface area (Å²) in [5.74, 6) is 0.779. The lowest BCUT2D eigenvalue weighted by Gasteiger charge is -2.12. The van der Waals surface area contributed by atoms with Crippen LogP contribution in [-0.4, -0.2) is 17.3 Å². The first-order valence-electron chi connectivity index (χ1n) is 5.97. The fourth-order valence-electron chi connectivity index (χ4n) is 1.80. The van der Waals surface area contributed by atoms with Crippen molar-refractivity contribution in [2.75, 3.05) is 7.11 Å². The highest BCUT2D eigenvalue weighted by molar-refractivity contribution is 5.65. The Morgan fingerprint density at radius 1 is 1.42 bits per heavy atom. The molecule has 0 saturated heterocycles. The maximum absolute atomic E-state index is 13.9. The number of aromatic nitrogens is 2. The molecule has 2 N–H and O–H groups in total. The highest BCUT2D eigenvalue weighted by Gasteiger charge is 2.18. The van der Waals surface area contributed by atoms with Crippen molar-refractivity contribution in [3.63, 3.8) is 0 Å². The van der Waals surface area contributed by atoms with Crippen molar-refractivity contribution < 1.29 is 13.7 Å². The third-order valence-electron chi connectivity index (χ3n) is 2.82. The molecule has 0 amide bonds. The van der Waals surface area contributed by atoms with Crippen LogP contribution < -0.4 is 10.5 Å². The molecule has 6 heteroatoms. The molecule has 5 nitrogen and oxygen atoms in total. The number of ether oxygens (including phenoxy) is 1. The summed E-state index contributed by atoms with van der Waals surface area (Å²) in [6.07, 6.45) is 0. The van der Waals surface area contributed by atoms with Gasteiger partial charge in [-0.25, -0.2) is 4.39 Å². The van der Waals surface area contributed by atoms with E-state index in [1.165, 1.54) is 13.2 Å². The molecule has 0 aliphatic rings. The van der Waals surface area contributed by atoms with Gasteiger partial charge in [0.1, 0.15) is 11.6 Å². The van der Waals surface area contributed by atoms with Gasteiger partial charge in [0.2, 0.25) is 11.7 Å². The summed E-state index contributed by atoms with van der Waals surface area (Å²) in [6.45, 7) is 3.99. The molecular formula is C13H16FN3O2. The summed E-state index contributed by atoms with van der Waals surface area (Å²) >= 11 is 0. The Bertz CT molecular complexity index is 581. The van der Waals surface area contributed by atoms with Gasteiger partial charge in [-0.05, 0) is 17.5 Å². The summed E-state index contributed by atoms with van der Waals surface area (Å²) < 4.78 is 24.0. The van der Waals surface area contributed by atoms with Gasteiger partial charge in [-0.15, -0.1) is 0 Å². The lowest BCUT2D eigenvalue weighted by molar-refractivity contribution is 0.379. The van der Waals surface area contributed by atoms with E-state index in [-0.39, 0.29) is 18.3 Å². The number of nitrogens with two attached hydrogens (primary N) is 1. The molecule has 0 radical (unpaired) electrons. The first kappa shape index (κ1) is 13.5. The summed E-state index contributed by atoms with van der Waals surface area (Å²) in [7, 11) is 1.47. The minimum atomic E-state index is -0.307. The van der Waals surface area contributed by atoms with E-state index >= 15 is 0 Å². The molecule has 0 aliphatic heterocycles. The fraction of sp³-hybridized carbons (Fsp3) is 0.385. The van der Waals surface area contributed by atoms with Crippen LogP contribution in [0.25, 0.3) is 11.4 Å². The van der Waals surface area contributed by atoms with Crippen LogP contribution in [0, 0.1) is 5.82 Å². The molecule has 1 aromatic carbocycles. The first-order valence-corrected chi connectivity index (χ1v) is 5.97. The number of nitrogens with zero attached hydrogens (tertiary/aromatic N) is 2. The van der Waals surface area contributed by atoms with Crippen LogP contribution in [0.1, 0.15) is 31.2 Å². The van der Waals surface area contributed by atoms with E-state index in [2.05, 4.69) is 10.1 Å². The summed E-state index contributed by atoms with van der Waals surface area (Å²) in [4.78, 5) is 4.13. The second kappa shape index (κ2) is 5.36. The van der Waals surface area contributed by atoms with E-state index in [9.17, 15) is 4.39 Å². The molecule has 2 aromatic rings. The predicted octanol–water partition coefficient (Wildman–Crippen LogP) is 2.47. The SMILES string of the molecule is COc1cc(F)c(C(C)C)cc1-c1noc(CN)n1. The highest BCUT2D eigenvalue weighted by Crippen LogP contribution is 2.33. The molecule has 0 saturated carbocycles. The second-order valence-corrected chi connectivity index (χ2v) is 4.44. The summed E-state index contributed by atoms with van der Waals surface area (Å²) in [5.41, 5.74) is 6.60. The maximum atomic E-state index is 13.9. The lowest BCUT2D eigenvalue weighted by atomic mass is 9.99. The van der Waals surface area contributed by atoms with Crippen LogP contribution in [0.5, 0.6) is 5.75 Å². The van der Waals surface area contributed by atoms with Crippen LogP contribution >= 0.6 is 0 Å². The highest BCUT2D eigenvalue weighted by atomic mass is 19.1. The summed E-state index contributed by atoms with van der Waals surface area (Å²) in [6, 6.07) is 3.02. The zero-order chi connectivity index (χ0) is 14.0. The molecule has 1 aromatic heterocycles. The number of rotatable bonds is 4. The molecule has 0 spiro atoms. The van der Waals surface area contributed by atoms with Gasteiger partial charge in [0.25, 0.3) is 0 Å². The molecular weight excluding hydrogens is 249 g/mol. The van der Waals surface area contributed by atoms with Crippen molar-refractivity contribution in [2.45, 2.75) is 26.3 Å². The standard InChI is InChI=1S/C13H16FN3O2/c1-7(2)8-4-9(11(18-3)5-10(8)14)13-16-12(6-15)19-17-13/h4-5,7H,6,15H2,1-3H3. The maximum Gasteiger partial charge on any atom is 0.240 e. The van der Waals surface area contributed by atoms with Crippen LogP contribution in [0.2, 0.25) is 0 Å². The van der Waals surface area contributed by atoms with Crippen LogP contribution in [-0.2, 0) is 6.54 Å². The fourth-order valence-corrected chi connectivity index (χ4v) is 1.80. The third-order valence-corrected chi connectivity index (χ3v) is 2.82. The second-order valence-electron chi connectivity index (χ2n) is 4.44. The minimum Gasteiger partial charge on any atom is -0.496 e. The van der Waals surface area contributed by atoms with Gasteiger partial charge in [-0.1, -0.05) is 19.0 Å². The molecule has 0 aliphatic carbocycles. The average Bonchev–Trinajstić information content (AvgIpc) is 2.86. The van der Waals surface area contributed by atoms with E-state index in [4.69, 9.17) is 15.0 Å².